The van der Waals surface area contributed by atoms with E-state index in [0.717, 1.165) is 92.7 Å². The second-order valence-electron chi connectivity index (χ2n) is 12.9. The highest BCUT2D eigenvalue weighted by molar-refractivity contribution is 5.65. The first-order chi connectivity index (χ1) is 12.8. The van der Waals surface area contributed by atoms with Gasteiger partial charge in [-0.2, -0.15) is 0 Å². The summed E-state index contributed by atoms with van der Waals surface area (Å²) in [4.78, 5) is 0. The summed E-state index contributed by atoms with van der Waals surface area (Å²) >= 11 is 0. The summed E-state index contributed by atoms with van der Waals surface area (Å²) in [6.07, 6.45) is 7.75. The van der Waals surface area contributed by atoms with Crippen molar-refractivity contribution in [1.82, 2.24) is 0 Å². The Labute approximate surface area is 154 Å². The third-order valence-corrected chi connectivity index (χ3v) is 15.1. The minimum Gasteiger partial charge on any atom is -0.381 e. The van der Waals surface area contributed by atoms with Crippen LogP contribution in [0.4, 0.5) is 0 Å². The van der Waals surface area contributed by atoms with Gasteiger partial charge < -0.3 is 9.47 Å². The second-order valence-corrected chi connectivity index (χ2v) is 12.9. The van der Waals surface area contributed by atoms with E-state index in [4.69, 9.17) is 9.47 Å². The molecule has 0 aliphatic heterocycles. The topological polar surface area (TPSA) is 18.5 Å². The Hall–Kier alpha value is -0.0800. The predicted octanol–water partition coefficient (Wildman–Crippen LogP) is 3.07. The zero-order chi connectivity index (χ0) is 16.3. The molecule has 26 heavy (non-hydrogen) atoms. The molecule has 0 N–H and O–H groups in total. The van der Waals surface area contributed by atoms with Gasteiger partial charge in [-0.25, -0.2) is 0 Å². The summed E-state index contributed by atoms with van der Waals surface area (Å²) in [7, 11) is 4.18. The van der Waals surface area contributed by atoms with Crippen LogP contribution in [-0.2, 0) is 9.47 Å². The van der Waals surface area contributed by atoms with Crippen molar-refractivity contribution in [2.24, 2.45) is 92.7 Å². The molecule has 0 aromatic heterocycles. The number of rotatable bonds is 2. The first-order valence-electron chi connectivity index (χ1n) is 11.9. The quantitative estimate of drug-likeness (QED) is 0.764. The Balaban J connectivity index is 1.42. The zero-order valence-electron chi connectivity index (χ0n) is 15.7. The van der Waals surface area contributed by atoms with Gasteiger partial charge in [0.15, 0.2) is 0 Å². The maximum absolute atomic E-state index is 6.49. The summed E-state index contributed by atoms with van der Waals surface area (Å²) in [6, 6.07) is 0. The van der Waals surface area contributed by atoms with Gasteiger partial charge in [-0.3, -0.25) is 0 Å². The van der Waals surface area contributed by atoms with E-state index < -0.39 is 0 Å². The number of hydrogen-bond donors (Lipinski definition) is 0. The standard InChI is InChI=1S/C24H28O2/c1-25-19-15-13-14-16(19)22-8-4-3-7-11-9-5-6-10(12(8)11)24(22)18(14)20(26-2)17(13)23(9,24)21(7,15)22/h7-20H,3-6H2,1-2H3/t7-,8+,9+,10-,11?,12?,13?,14?,15-,16+,17+,18-,19?,20?,21?,22?,23?,24?. The van der Waals surface area contributed by atoms with Gasteiger partial charge >= 0.3 is 0 Å². The fourth-order valence-corrected chi connectivity index (χ4v) is 17.8. The average molecular weight is 348 g/mol. The molecule has 16 rings (SSSR count). The van der Waals surface area contributed by atoms with Crippen molar-refractivity contribution in [2.75, 3.05) is 14.2 Å². The van der Waals surface area contributed by atoms with Gasteiger partial charge in [0.05, 0.1) is 12.2 Å². The van der Waals surface area contributed by atoms with Gasteiger partial charge in [0.25, 0.3) is 0 Å². The van der Waals surface area contributed by atoms with Gasteiger partial charge in [0.1, 0.15) is 0 Å². The van der Waals surface area contributed by atoms with E-state index in [1.54, 1.807) is 25.7 Å². The molecule has 16 aliphatic carbocycles. The summed E-state index contributed by atoms with van der Waals surface area (Å²) in [5.41, 5.74) is 3.07. The molecule has 0 radical (unpaired) electrons. The molecule has 2 heteroatoms. The first-order valence-corrected chi connectivity index (χ1v) is 11.9. The Morgan fingerprint density at radius 1 is 0.500 bits per heavy atom. The molecule has 2 nitrogen and oxygen atoms in total. The monoisotopic (exact) mass is 348 g/mol. The van der Waals surface area contributed by atoms with Crippen LogP contribution in [0.5, 0.6) is 0 Å². The largest absolute Gasteiger partial charge is 0.381 e. The molecule has 6 unspecified atom stereocenters. The Bertz CT molecular complexity index is 747. The molecule has 0 heterocycles. The van der Waals surface area contributed by atoms with Crippen molar-refractivity contribution in [1.29, 1.82) is 0 Å². The highest BCUT2D eigenvalue weighted by Crippen LogP contribution is 3.20. The fraction of sp³-hybridized carbons (Fsp3) is 1.00. The lowest BCUT2D eigenvalue weighted by molar-refractivity contribution is -0.364. The van der Waals surface area contributed by atoms with Gasteiger partial charge in [-0.1, -0.05) is 0 Å². The highest BCUT2D eigenvalue weighted by atomic mass is 16.5. The summed E-state index contributed by atoms with van der Waals surface area (Å²) < 4.78 is 13.0. The Morgan fingerprint density at radius 2 is 0.808 bits per heavy atom. The maximum atomic E-state index is 6.49. The first kappa shape index (κ1) is 12.5. The van der Waals surface area contributed by atoms with Gasteiger partial charge in [-0.15, -0.1) is 0 Å². The highest BCUT2D eigenvalue weighted by Gasteiger charge is 3.19. The second kappa shape index (κ2) is 2.76. The van der Waals surface area contributed by atoms with Gasteiger partial charge in [0, 0.05) is 14.2 Å². The van der Waals surface area contributed by atoms with Gasteiger partial charge in [-0.05, 0) is 118 Å². The van der Waals surface area contributed by atoms with Crippen LogP contribution in [0.1, 0.15) is 25.7 Å². The SMILES string of the molecule is COC1[C@H]2C3C4[C@@H]5C(OC)[C@H]3C36[C@H]7CC[C@@H]8C9C7[C@H]7CC[C@@H]9C([C@H]14)(C583)C276. The van der Waals surface area contributed by atoms with Crippen molar-refractivity contribution in [3.63, 3.8) is 0 Å². The average Bonchev–Trinajstić information content (AvgIpc) is 3.39. The van der Waals surface area contributed by atoms with Crippen molar-refractivity contribution >= 4 is 0 Å². The minimum atomic E-state index is 0.650. The molecule has 0 saturated heterocycles. The lowest BCUT2D eigenvalue weighted by Gasteiger charge is -2.81. The van der Waals surface area contributed by atoms with E-state index >= 15 is 0 Å². The summed E-state index contributed by atoms with van der Waals surface area (Å²) in [5, 5.41) is 0. The van der Waals surface area contributed by atoms with Crippen molar-refractivity contribution in [2.45, 2.75) is 37.9 Å². The van der Waals surface area contributed by atoms with E-state index in [1.165, 1.54) is 0 Å². The fourth-order valence-electron chi connectivity index (χ4n) is 17.8. The zero-order valence-corrected chi connectivity index (χ0v) is 15.7. The smallest absolute Gasteiger partial charge is 0.0645 e. The molecule has 0 aromatic carbocycles. The van der Waals surface area contributed by atoms with Crippen LogP contribution >= 0.6 is 0 Å². The Kier molecular flexibility index (Phi) is 1.32. The molecule has 16 fully saturated rings. The predicted molar refractivity (Wildman–Crippen MR) is 91.7 cm³/mol. The summed E-state index contributed by atoms with van der Waals surface area (Å²) in [5.74, 6) is 12.7. The van der Waals surface area contributed by atoms with Crippen LogP contribution in [0.3, 0.4) is 0 Å². The summed E-state index contributed by atoms with van der Waals surface area (Å²) in [6.45, 7) is 0. The maximum Gasteiger partial charge on any atom is 0.0645 e. The van der Waals surface area contributed by atoms with Crippen molar-refractivity contribution in [3.8, 4) is 0 Å². The lowest BCUT2D eigenvalue weighted by atomic mass is 9.21. The molecule has 16 aliphatic rings. The van der Waals surface area contributed by atoms with E-state index in [0.29, 0.717) is 12.2 Å². The van der Waals surface area contributed by atoms with Crippen LogP contribution in [0.15, 0.2) is 0 Å². The third kappa shape index (κ3) is 0.530. The van der Waals surface area contributed by atoms with Crippen LogP contribution in [0.2, 0.25) is 0 Å². The van der Waals surface area contributed by atoms with Crippen LogP contribution in [-0.4, -0.2) is 26.4 Å². The van der Waals surface area contributed by atoms with E-state index in [9.17, 15) is 0 Å². The van der Waals surface area contributed by atoms with Gasteiger partial charge in [0.2, 0.25) is 0 Å². The molecule has 136 valence electrons. The molecular weight excluding hydrogens is 320 g/mol. The molecule has 16 saturated carbocycles. The normalized spacial score (nSPS) is 92.5. The molecule has 0 amide bonds. The van der Waals surface area contributed by atoms with E-state index in [1.807, 2.05) is 0 Å². The minimum absolute atomic E-state index is 0.650. The number of ether oxygens (including phenoxy) is 2. The molecule has 0 aromatic rings. The van der Waals surface area contributed by atoms with E-state index in [-0.39, 0.29) is 0 Å². The number of hydrogen-bond acceptors (Lipinski definition) is 2. The Morgan fingerprint density at radius 3 is 1.08 bits per heavy atom. The molecule has 4 spiro atoms. The molecule has 14 atom stereocenters. The van der Waals surface area contributed by atoms with Crippen molar-refractivity contribution in [3.05, 3.63) is 0 Å². The third-order valence-electron chi connectivity index (χ3n) is 15.1. The number of fused-ring (bicyclic) bond motifs is 2. The van der Waals surface area contributed by atoms with E-state index in [2.05, 4.69) is 14.2 Å². The lowest BCUT2D eigenvalue weighted by Crippen LogP contribution is -2.79. The molecular formula is C24H28O2. The van der Waals surface area contributed by atoms with Crippen molar-refractivity contribution < 1.29 is 9.47 Å². The molecule has 16 bridgehead atoms. The van der Waals surface area contributed by atoms with Crippen LogP contribution in [0.25, 0.3) is 0 Å². The number of methoxy groups -OCH3 is 2. The van der Waals surface area contributed by atoms with Crippen LogP contribution < -0.4 is 0 Å². The van der Waals surface area contributed by atoms with Crippen LogP contribution in [0, 0.1) is 92.7 Å².